The summed E-state index contributed by atoms with van der Waals surface area (Å²) in [5.41, 5.74) is 1.38. The van der Waals surface area contributed by atoms with Gasteiger partial charge in [0.05, 0.1) is 0 Å². The van der Waals surface area contributed by atoms with Crippen LogP contribution in [0.3, 0.4) is 0 Å². The lowest BCUT2D eigenvalue weighted by molar-refractivity contribution is -0.134. The molecule has 2 aromatic carbocycles. The van der Waals surface area contributed by atoms with E-state index in [1.54, 1.807) is 0 Å². The van der Waals surface area contributed by atoms with Gasteiger partial charge in [-0.15, -0.1) is 0 Å². The molecule has 0 aliphatic carbocycles. The molecule has 0 bridgehead atoms. The van der Waals surface area contributed by atoms with Gasteiger partial charge in [-0.1, -0.05) is 48.2 Å². The first-order chi connectivity index (χ1) is 11.9. The van der Waals surface area contributed by atoms with Crippen molar-refractivity contribution in [2.45, 2.75) is 16.3 Å². The van der Waals surface area contributed by atoms with Crippen molar-refractivity contribution < 1.29 is 19.8 Å². The van der Waals surface area contributed by atoms with E-state index < -0.39 is 11.9 Å². The molecule has 0 heterocycles. The molecule has 0 saturated carbocycles. The fourth-order valence-electron chi connectivity index (χ4n) is 1.83. The van der Waals surface area contributed by atoms with Gasteiger partial charge in [0.15, 0.2) is 0 Å². The average molecular weight is 359 g/mol. The van der Waals surface area contributed by atoms with E-state index in [0.717, 1.165) is 6.54 Å². The fraction of sp³-hybridized carbons (Fsp3) is 0.158. The summed E-state index contributed by atoms with van der Waals surface area (Å²) in [7, 11) is 4.20. The topological polar surface area (TPSA) is 77.8 Å². The van der Waals surface area contributed by atoms with Crippen molar-refractivity contribution in [3.63, 3.8) is 0 Å². The molecule has 0 aromatic heterocycles. The Morgan fingerprint density at radius 3 is 1.96 bits per heavy atom. The lowest BCUT2D eigenvalue weighted by Crippen LogP contribution is -2.11. The summed E-state index contributed by atoms with van der Waals surface area (Å²) in [5, 5.41) is 15.6. The quantitative estimate of drug-likeness (QED) is 0.767. The summed E-state index contributed by atoms with van der Waals surface area (Å²) in [6, 6.07) is 19.1. The molecule has 0 unspecified atom stereocenters. The predicted molar refractivity (Wildman–Crippen MR) is 98.8 cm³/mol. The molecular formula is C19H21NO4S. The summed E-state index contributed by atoms with van der Waals surface area (Å²) in [4.78, 5) is 23.9. The molecular weight excluding hydrogens is 338 g/mol. The second kappa shape index (κ2) is 11.1. The zero-order valence-electron chi connectivity index (χ0n) is 14.1. The van der Waals surface area contributed by atoms with E-state index in [2.05, 4.69) is 73.6 Å². The number of aliphatic carboxylic acids is 2. The van der Waals surface area contributed by atoms with Crippen LogP contribution in [0, 0.1) is 0 Å². The van der Waals surface area contributed by atoms with Crippen molar-refractivity contribution in [3.05, 3.63) is 72.3 Å². The second-order valence-corrected chi connectivity index (χ2v) is 6.39. The Morgan fingerprint density at radius 2 is 1.44 bits per heavy atom. The molecule has 5 nitrogen and oxygen atoms in total. The van der Waals surface area contributed by atoms with Crippen LogP contribution < -0.4 is 0 Å². The van der Waals surface area contributed by atoms with Crippen molar-refractivity contribution >= 4 is 23.7 Å². The average Bonchev–Trinajstić information content (AvgIpc) is 2.56. The first-order valence-electron chi connectivity index (χ1n) is 7.48. The molecule has 0 radical (unpaired) electrons. The molecule has 0 aliphatic heterocycles. The highest BCUT2D eigenvalue weighted by molar-refractivity contribution is 7.99. The standard InChI is InChI=1S/C15H17NS.C4H4O4/c1-16(2)12-13-8-6-7-11-15(13)17-14-9-4-3-5-10-14;5-3(6)1-2-4(7)8/h3-11H,12H2,1-2H3;1-2H,(H,5,6)(H,7,8)/b;2-1+. The highest BCUT2D eigenvalue weighted by Gasteiger charge is 2.04. The minimum absolute atomic E-state index is 0.558. The Morgan fingerprint density at radius 1 is 0.920 bits per heavy atom. The lowest BCUT2D eigenvalue weighted by atomic mass is 10.2. The summed E-state index contributed by atoms with van der Waals surface area (Å²) >= 11 is 1.83. The molecule has 2 rings (SSSR count). The summed E-state index contributed by atoms with van der Waals surface area (Å²) in [5.74, 6) is -2.51. The first-order valence-corrected chi connectivity index (χ1v) is 8.29. The van der Waals surface area contributed by atoms with Gasteiger partial charge in [0, 0.05) is 28.5 Å². The molecule has 0 amide bonds. The van der Waals surface area contributed by atoms with E-state index in [1.807, 2.05) is 11.8 Å². The smallest absolute Gasteiger partial charge is 0.328 e. The highest BCUT2D eigenvalue weighted by Crippen LogP contribution is 2.30. The van der Waals surface area contributed by atoms with E-state index in [1.165, 1.54) is 15.4 Å². The molecule has 0 saturated heterocycles. The van der Waals surface area contributed by atoms with Gasteiger partial charge < -0.3 is 15.1 Å². The SMILES string of the molecule is CN(C)Cc1ccccc1Sc1ccccc1.O=C(O)/C=C/C(=O)O. The number of benzene rings is 2. The zero-order valence-corrected chi connectivity index (χ0v) is 14.9. The molecule has 2 N–H and O–H groups in total. The summed E-state index contributed by atoms with van der Waals surface area (Å²) in [6.45, 7) is 0.982. The Kier molecular flexibility index (Phi) is 9.06. The van der Waals surface area contributed by atoms with Crippen LogP contribution in [0.1, 0.15) is 5.56 Å². The second-order valence-electron chi connectivity index (χ2n) is 5.27. The third-order valence-corrected chi connectivity index (χ3v) is 3.92. The molecule has 0 fully saturated rings. The van der Waals surface area contributed by atoms with E-state index in [-0.39, 0.29) is 0 Å². The maximum Gasteiger partial charge on any atom is 0.328 e. The maximum atomic E-state index is 9.55. The molecule has 6 heteroatoms. The van der Waals surface area contributed by atoms with Gasteiger partial charge in [-0.05, 0) is 37.9 Å². The summed E-state index contributed by atoms with van der Waals surface area (Å²) in [6.07, 6.45) is 1.12. The number of rotatable bonds is 6. The zero-order chi connectivity index (χ0) is 18.7. The Labute approximate surface area is 151 Å². The normalized spacial score (nSPS) is 10.4. The van der Waals surface area contributed by atoms with Crippen molar-refractivity contribution in [1.29, 1.82) is 0 Å². The van der Waals surface area contributed by atoms with Gasteiger partial charge >= 0.3 is 11.9 Å². The summed E-state index contributed by atoms with van der Waals surface area (Å²) < 4.78 is 0. The highest BCUT2D eigenvalue weighted by atomic mass is 32.2. The Hall–Kier alpha value is -2.57. The third-order valence-electron chi connectivity index (χ3n) is 2.80. The molecule has 0 aliphatic rings. The number of nitrogens with zero attached hydrogens (tertiary/aromatic N) is 1. The molecule has 132 valence electrons. The van der Waals surface area contributed by atoms with E-state index in [4.69, 9.17) is 10.2 Å². The lowest BCUT2D eigenvalue weighted by Gasteiger charge is -2.13. The maximum absolute atomic E-state index is 9.55. The molecule has 2 aromatic rings. The van der Waals surface area contributed by atoms with Crippen LogP contribution in [0.4, 0.5) is 0 Å². The fourth-order valence-corrected chi connectivity index (χ4v) is 2.79. The Balaban J connectivity index is 0.000000333. The third kappa shape index (κ3) is 9.34. The van der Waals surface area contributed by atoms with E-state index in [9.17, 15) is 9.59 Å². The monoisotopic (exact) mass is 359 g/mol. The van der Waals surface area contributed by atoms with Gasteiger partial charge in [0.1, 0.15) is 0 Å². The van der Waals surface area contributed by atoms with Crippen molar-refractivity contribution in [3.8, 4) is 0 Å². The van der Waals surface area contributed by atoms with Crippen LogP contribution in [0.15, 0.2) is 76.5 Å². The van der Waals surface area contributed by atoms with Gasteiger partial charge in [0.25, 0.3) is 0 Å². The van der Waals surface area contributed by atoms with Gasteiger partial charge in [0.2, 0.25) is 0 Å². The van der Waals surface area contributed by atoms with Crippen molar-refractivity contribution in [2.24, 2.45) is 0 Å². The van der Waals surface area contributed by atoms with Crippen molar-refractivity contribution in [1.82, 2.24) is 4.90 Å². The number of carboxylic acid groups (broad SMARTS) is 2. The minimum atomic E-state index is -1.26. The van der Waals surface area contributed by atoms with Crippen LogP contribution in [0.5, 0.6) is 0 Å². The van der Waals surface area contributed by atoms with Gasteiger partial charge in [-0.25, -0.2) is 9.59 Å². The number of hydrogen-bond acceptors (Lipinski definition) is 4. The predicted octanol–water partition coefficient (Wildman–Crippen LogP) is 3.61. The largest absolute Gasteiger partial charge is 0.478 e. The molecule has 25 heavy (non-hydrogen) atoms. The van der Waals surface area contributed by atoms with Crippen LogP contribution in [-0.4, -0.2) is 41.1 Å². The number of carboxylic acids is 2. The Bertz CT molecular complexity index is 698. The van der Waals surface area contributed by atoms with Gasteiger partial charge in [-0.3, -0.25) is 0 Å². The van der Waals surface area contributed by atoms with E-state index in [0.29, 0.717) is 12.2 Å². The molecule has 0 spiro atoms. The van der Waals surface area contributed by atoms with Crippen LogP contribution in [0.2, 0.25) is 0 Å². The van der Waals surface area contributed by atoms with Crippen LogP contribution in [-0.2, 0) is 16.1 Å². The van der Waals surface area contributed by atoms with Crippen molar-refractivity contribution in [2.75, 3.05) is 14.1 Å². The molecule has 0 atom stereocenters. The van der Waals surface area contributed by atoms with Crippen LogP contribution >= 0.6 is 11.8 Å². The minimum Gasteiger partial charge on any atom is -0.478 e. The number of carbonyl (C=O) groups is 2. The first kappa shape index (κ1) is 20.5. The van der Waals surface area contributed by atoms with Crippen LogP contribution in [0.25, 0.3) is 0 Å². The van der Waals surface area contributed by atoms with Gasteiger partial charge in [-0.2, -0.15) is 0 Å². The number of hydrogen-bond donors (Lipinski definition) is 2. The van der Waals surface area contributed by atoms with E-state index >= 15 is 0 Å².